The number of nitrogens with one attached hydrogen (secondary N) is 1. The van der Waals surface area contributed by atoms with Gasteiger partial charge in [0.15, 0.2) is 12.4 Å². The predicted octanol–water partition coefficient (Wildman–Crippen LogP) is 1.57. The minimum absolute atomic E-state index is 0.149. The fourth-order valence-corrected chi connectivity index (χ4v) is 2.97. The van der Waals surface area contributed by atoms with E-state index < -0.39 is 29.6 Å². The molecule has 0 aliphatic carbocycles. The average molecular weight is 323 g/mol. The standard InChI is InChI=1S/C18H14FN3O2/c1-11-5-4-8-22(10-11)16-15(12-6-2-3-7-14(12)19)13(9-20)17(23)21-18(16)24/h2-8,10,15-16H,1H3,(H,21,23,24). The molecule has 1 aromatic carbocycles. The van der Waals surface area contributed by atoms with E-state index >= 15 is 0 Å². The molecular weight excluding hydrogens is 309 g/mol. The molecule has 3 rings (SSSR count). The molecule has 24 heavy (non-hydrogen) atoms. The number of benzene rings is 1. The Hall–Kier alpha value is -3.11. The van der Waals surface area contributed by atoms with Crippen molar-refractivity contribution in [1.29, 1.82) is 0 Å². The highest BCUT2D eigenvalue weighted by molar-refractivity contribution is 6.14. The number of hydrogen-bond donors (Lipinski definition) is 1. The van der Waals surface area contributed by atoms with E-state index in [1.807, 2.05) is 18.9 Å². The normalized spacial score (nSPS) is 20.5. The number of imide groups is 1. The lowest BCUT2D eigenvalue weighted by Crippen LogP contribution is -2.57. The van der Waals surface area contributed by atoms with Crippen molar-refractivity contribution in [2.75, 3.05) is 0 Å². The molecule has 1 fully saturated rings. The molecule has 2 atom stereocenters. The summed E-state index contributed by atoms with van der Waals surface area (Å²) in [6.07, 6.45) is 3.39. The average Bonchev–Trinajstić information content (AvgIpc) is 2.54. The van der Waals surface area contributed by atoms with Crippen LogP contribution in [0.1, 0.15) is 23.1 Å². The molecule has 1 aromatic heterocycles. The molecular formula is C18H14FN3O2. The van der Waals surface area contributed by atoms with Crippen LogP contribution in [0, 0.1) is 12.7 Å². The van der Waals surface area contributed by atoms with Crippen LogP contribution in [-0.4, -0.2) is 17.7 Å². The molecule has 1 N–H and O–H groups in total. The molecule has 2 amide bonds. The van der Waals surface area contributed by atoms with Crippen molar-refractivity contribution >= 4 is 17.7 Å². The van der Waals surface area contributed by atoms with Gasteiger partial charge in [0.05, 0.1) is 11.5 Å². The van der Waals surface area contributed by atoms with Gasteiger partial charge in [-0.05, 0) is 19.1 Å². The molecule has 0 saturated carbocycles. The first kappa shape index (κ1) is 15.8. The summed E-state index contributed by atoms with van der Waals surface area (Å²) >= 11 is 0. The molecule has 1 aliphatic rings. The Morgan fingerprint density at radius 2 is 1.96 bits per heavy atom. The van der Waals surface area contributed by atoms with Gasteiger partial charge in [0.25, 0.3) is 11.8 Å². The quantitative estimate of drug-likeness (QED) is 0.394. The van der Waals surface area contributed by atoms with Gasteiger partial charge in [-0.2, -0.15) is 4.57 Å². The lowest BCUT2D eigenvalue weighted by Gasteiger charge is -2.28. The minimum Gasteiger partial charge on any atom is -0.763 e. The van der Waals surface area contributed by atoms with Crippen LogP contribution in [0.4, 0.5) is 4.39 Å². The molecule has 0 bridgehead atoms. The fraction of sp³-hybridized carbons (Fsp3) is 0.167. The molecule has 6 heteroatoms. The second kappa shape index (κ2) is 6.18. The van der Waals surface area contributed by atoms with Gasteiger partial charge >= 0.3 is 0 Å². The maximum absolute atomic E-state index is 14.3. The second-order valence-corrected chi connectivity index (χ2v) is 5.62. The van der Waals surface area contributed by atoms with Gasteiger partial charge in [-0.1, -0.05) is 18.2 Å². The summed E-state index contributed by atoms with van der Waals surface area (Å²) in [7, 11) is 0. The van der Waals surface area contributed by atoms with Gasteiger partial charge in [-0.3, -0.25) is 20.8 Å². The smallest absolute Gasteiger partial charge is 0.296 e. The number of amides is 2. The molecule has 0 spiro atoms. The van der Waals surface area contributed by atoms with Crippen LogP contribution >= 0.6 is 0 Å². The summed E-state index contributed by atoms with van der Waals surface area (Å²) in [5, 5.41) is 11.6. The monoisotopic (exact) mass is 323 g/mol. The van der Waals surface area contributed by atoms with Crippen LogP contribution < -0.4 is 9.88 Å². The zero-order chi connectivity index (χ0) is 17.3. The molecule has 2 aromatic rings. The van der Waals surface area contributed by atoms with Gasteiger partial charge in [-0.25, -0.2) is 4.39 Å². The Labute approximate surface area is 138 Å². The Kier molecular flexibility index (Phi) is 4.06. The van der Waals surface area contributed by atoms with E-state index in [0.29, 0.717) is 0 Å². The number of hydrogen-bond acceptors (Lipinski definition) is 2. The highest BCUT2D eigenvalue weighted by Crippen LogP contribution is 2.35. The first-order chi connectivity index (χ1) is 11.5. The Morgan fingerprint density at radius 1 is 1.21 bits per heavy atom. The molecule has 2 unspecified atom stereocenters. The summed E-state index contributed by atoms with van der Waals surface area (Å²) in [4.78, 5) is 24.5. The topological polar surface area (TPSA) is 72.3 Å². The number of nitrogens with zero attached hydrogens (tertiary/aromatic N) is 2. The van der Waals surface area contributed by atoms with Crippen LogP contribution in [0.25, 0.3) is 5.41 Å². The molecule has 0 radical (unpaired) electrons. The highest BCUT2D eigenvalue weighted by Gasteiger charge is 2.47. The number of piperidine rings is 1. The third-order valence-electron chi connectivity index (χ3n) is 4.03. The van der Waals surface area contributed by atoms with Gasteiger partial charge in [0, 0.05) is 17.2 Å². The van der Waals surface area contributed by atoms with Gasteiger partial charge in [0.2, 0.25) is 6.04 Å². The number of rotatable bonds is 2. The second-order valence-electron chi connectivity index (χ2n) is 5.62. The summed E-state index contributed by atoms with van der Waals surface area (Å²) < 4.78 is 15.9. The van der Waals surface area contributed by atoms with E-state index in [1.54, 1.807) is 29.1 Å². The zero-order valence-corrected chi connectivity index (χ0v) is 12.9. The van der Waals surface area contributed by atoms with Crippen LogP contribution in [0.2, 0.25) is 0 Å². The lowest BCUT2D eigenvalue weighted by molar-refractivity contribution is -0.711. The van der Waals surface area contributed by atoms with E-state index in [9.17, 15) is 19.4 Å². The van der Waals surface area contributed by atoms with Crippen molar-refractivity contribution in [3.05, 3.63) is 76.7 Å². The Balaban J connectivity index is 2.23. The number of carbonyl (C=O) groups excluding carboxylic acids is 2. The van der Waals surface area contributed by atoms with E-state index in [0.717, 1.165) is 5.56 Å². The van der Waals surface area contributed by atoms with Crippen LogP contribution in [0.5, 0.6) is 0 Å². The van der Waals surface area contributed by atoms with Crippen molar-refractivity contribution < 1.29 is 18.5 Å². The largest absolute Gasteiger partial charge is 0.763 e. The van der Waals surface area contributed by atoms with Gasteiger partial charge in [0.1, 0.15) is 5.82 Å². The van der Waals surface area contributed by atoms with Crippen molar-refractivity contribution in [3.8, 4) is 0 Å². The van der Waals surface area contributed by atoms with E-state index in [4.69, 9.17) is 0 Å². The number of carbonyl (C=O) groups is 2. The summed E-state index contributed by atoms with van der Waals surface area (Å²) in [5.41, 5.74) is 0.864. The SMILES string of the molecule is Cc1ccc[n+](C2C(=O)NC(=O)C(=C=[N-])C2c2ccccc2F)c1. The lowest BCUT2D eigenvalue weighted by atomic mass is 9.81. The molecule has 1 aliphatic heterocycles. The summed E-state index contributed by atoms with van der Waals surface area (Å²) in [6.45, 7) is 1.86. The maximum Gasteiger partial charge on any atom is 0.296 e. The fourth-order valence-electron chi connectivity index (χ4n) is 2.97. The minimum atomic E-state index is -0.982. The van der Waals surface area contributed by atoms with Crippen molar-refractivity contribution in [3.63, 3.8) is 0 Å². The summed E-state index contributed by atoms with van der Waals surface area (Å²) in [6, 6.07) is 8.56. The van der Waals surface area contributed by atoms with E-state index in [-0.39, 0.29) is 11.1 Å². The number of halogens is 1. The maximum atomic E-state index is 14.3. The predicted molar refractivity (Wildman–Crippen MR) is 84.6 cm³/mol. The molecule has 2 heterocycles. The van der Waals surface area contributed by atoms with Crippen LogP contribution in [-0.2, 0) is 9.59 Å². The van der Waals surface area contributed by atoms with Crippen LogP contribution in [0.3, 0.4) is 0 Å². The van der Waals surface area contributed by atoms with Crippen LogP contribution in [0.15, 0.2) is 54.4 Å². The number of pyridine rings is 1. The third kappa shape index (κ3) is 2.64. The van der Waals surface area contributed by atoms with Crippen molar-refractivity contribution in [1.82, 2.24) is 5.32 Å². The van der Waals surface area contributed by atoms with E-state index in [2.05, 4.69) is 5.32 Å². The molecule has 5 nitrogen and oxygen atoms in total. The zero-order valence-electron chi connectivity index (χ0n) is 12.9. The Bertz CT molecular complexity index is 887. The number of aryl methyl sites for hydroxylation is 1. The summed E-state index contributed by atoms with van der Waals surface area (Å²) in [5.74, 6) is -1.05. The number of aromatic nitrogens is 1. The first-order valence-corrected chi connectivity index (χ1v) is 7.37. The third-order valence-corrected chi connectivity index (χ3v) is 4.03. The van der Waals surface area contributed by atoms with E-state index in [1.165, 1.54) is 18.2 Å². The first-order valence-electron chi connectivity index (χ1n) is 7.37. The Morgan fingerprint density at radius 3 is 2.62 bits per heavy atom. The molecule has 120 valence electrons. The highest BCUT2D eigenvalue weighted by atomic mass is 19.1. The van der Waals surface area contributed by atoms with Gasteiger partial charge in [-0.15, -0.1) is 0 Å². The van der Waals surface area contributed by atoms with Crippen molar-refractivity contribution in [2.24, 2.45) is 0 Å². The van der Waals surface area contributed by atoms with Crippen molar-refractivity contribution in [2.45, 2.75) is 18.9 Å². The van der Waals surface area contributed by atoms with Gasteiger partial charge < -0.3 is 5.41 Å². The molecule has 1 saturated heterocycles.